The van der Waals surface area contributed by atoms with Crippen molar-refractivity contribution in [3.05, 3.63) is 33.8 Å². The van der Waals surface area contributed by atoms with Crippen molar-refractivity contribution in [3.8, 4) is 0 Å². The summed E-state index contributed by atoms with van der Waals surface area (Å²) >= 11 is 11.8. The Morgan fingerprint density at radius 1 is 1.25 bits per heavy atom. The van der Waals surface area contributed by atoms with E-state index in [4.69, 9.17) is 28.3 Å². The highest BCUT2D eigenvalue weighted by Crippen LogP contribution is 2.28. The Balaban J connectivity index is 2.00. The minimum atomic E-state index is -0.891. The molecule has 1 aliphatic rings. The lowest BCUT2D eigenvalue weighted by atomic mass is 10.1. The Morgan fingerprint density at radius 2 is 1.95 bits per heavy atom. The zero-order valence-electron chi connectivity index (χ0n) is 10.8. The van der Waals surface area contributed by atoms with Crippen molar-refractivity contribution in [1.82, 2.24) is 4.90 Å². The number of hydrogen-bond donors (Lipinski definition) is 1. The molecule has 0 unspecified atom stereocenters. The fraction of sp³-hybridized carbons (Fsp3) is 0.429. The van der Waals surface area contributed by atoms with Crippen molar-refractivity contribution in [1.29, 1.82) is 0 Å². The van der Waals surface area contributed by atoms with Gasteiger partial charge in [0.25, 0.3) is 0 Å². The monoisotopic (exact) mass is 315 g/mol. The van der Waals surface area contributed by atoms with Gasteiger partial charge in [0.05, 0.1) is 22.9 Å². The average molecular weight is 316 g/mol. The summed E-state index contributed by atoms with van der Waals surface area (Å²) in [6.45, 7) is 0.264. The smallest absolute Gasteiger partial charge is 0.305 e. The van der Waals surface area contributed by atoms with Gasteiger partial charge in [0.2, 0.25) is 5.91 Å². The molecule has 0 heterocycles. The molecule has 0 aromatic heterocycles. The lowest BCUT2D eigenvalue weighted by Crippen LogP contribution is -2.36. The van der Waals surface area contributed by atoms with Crippen LogP contribution >= 0.6 is 23.2 Å². The van der Waals surface area contributed by atoms with Gasteiger partial charge in [0.1, 0.15) is 0 Å². The summed E-state index contributed by atoms with van der Waals surface area (Å²) in [6.07, 6.45) is 2.09. The maximum atomic E-state index is 12.3. The predicted octanol–water partition coefficient (Wildman–Crippen LogP) is 3.00. The van der Waals surface area contributed by atoms with Crippen LogP contribution in [0.4, 0.5) is 0 Å². The van der Waals surface area contributed by atoms with Crippen molar-refractivity contribution >= 4 is 35.1 Å². The third kappa shape index (κ3) is 4.12. The number of amides is 1. The quantitative estimate of drug-likeness (QED) is 0.878. The van der Waals surface area contributed by atoms with Crippen LogP contribution in [0.3, 0.4) is 0 Å². The average Bonchev–Trinajstić information content (AvgIpc) is 3.18. The highest BCUT2D eigenvalue weighted by molar-refractivity contribution is 6.42. The van der Waals surface area contributed by atoms with Gasteiger partial charge in [0, 0.05) is 12.6 Å². The van der Waals surface area contributed by atoms with Crippen LogP contribution in [0.15, 0.2) is 18.2 Å². The van der Waals surface area contributed by atoms with Crippen LogP contribution in [0.1, 0.15) is 24.8 Å². The molecule has 6 heteroatoms. The van der Waals surface area contributed by atoms with Gasteiger partial charge < -0.3 is 10.0 Å². The van der Waals surface area contributed by atoms with Crippen molar-refractivity contribution in [2.24, 2.45) is 0 Å². The van der Waals surface area contributed by atoms with E-state index in [1.54, 1.807) is 23.1 Å². The zero-order chi connectivity index (χ0) is 14.7. The second-order valence-electron chi connectivity index (χ2n) is 4.89. The molecule has 0 radical (unpaired) electrons. The van der Waals surface area contributed by atoms with Crippen molar-refractivity contribution in [3.63, 3.8) is 0 Å². The van der Waals surface area contributed by atoms with Crippen molar-refractivity contribution in [2.75, 3.05) is 6.54 Å². The summed E-state index contributed by atoms with van der Waals surface area (Å²) in [5.41, 5.74) is 0.783. The van der Waals surface area contributed by atoms with E-state index in [1.807, 2.05) is 0 Å². The first kappa shape index (κ1) is 15.1. The first-order chi connectivity index (χ1) is 9.47. The maximum absolute atomic E-state index is 12.3. The van der Waals surface area contributed by atoms with E-state index in [2.05, 4.69) is 0 Å². The Hall–Kier alpha value is -1.26. The van der Waals surface area contributed by atoms with Crippen LogP contribution in [0, 0.1) is 0 Å². The van der Waals surface area contributed by atoms with Gasteiger partial charge in [-0.1, -0.05) is 29.3 Å². The van der Waals surface area contributed by atoms with Crippen molar-refractivity contribution < 1.29 is 14.7 Å². The van der Waals surface area contributed by atoms with E-state index in [1.165, 1.54) is 0 Å². The number of rotatable bonds is 6. The number of hydrogen-bond acceptors (Lipinski definition) is 2. The first-order valence-electron chi connectivity index (χ1n) is 6.42. The number of benzene rings is 1. The summed E-state index contributed by atoms with van der Waals surface area (Å²) in [7, 11) is 0. The van der Waals surface area contributed by atoms with Crippen LogP contribution < -0.4 is 0 Å². The van der Waals surface area contributed by atoms with Gasteiger partial charge in [-0.2, -0.15) is 0 Å². The molecule has 1 amide bonds. The fourth-order valence-electron chi connectivity index (χ4n) is 2.04. The molecule has 1 aromatic rings. The molecule has 0 saturated heterocycles. The Kier molecular flexibility index (Phi) is 4.89. The molecule has 1 fully saturated rings. The molecule has 108 valence electrons. The van der Waals surface area contributed by atoms with Gasteiger partial charge in [0.15, 0.2) is 0 Å². The topological polar surface area (TPSA) is 57.6 Å². The summed E-state index contributed by atoms with van der Waals surface area (Å²) in [6, 6.07) is 5.29. The lowest BCUT2D eigenvalue weighted by molar-refractivity contribution is -0.138. The van der Waals surface area contributed by atoms with E-state index in [0.29, 0.717) is 10.0 Å². The number of halogens is 2. The van der Waals surface area contributed by atoms with Crippen LogP contribution in [0.5, 0.6) is 0 Å². The molecule has 1 saturated carbocycles. The van der Waals surface area contributed by atoms with Gasteiger partial charge in [-0.3, -0.25) is 9.59 Å². The molecule has 1 aliphatic carbocycles. The number of carbonyl (C=O) groups excluding carboxylic acids is 1. The van der Waals surface area contributed by atoms with Crippen LogP contribution in [-0.4, -0.2) is 34.5 Å². The van der Waals surface area contributed by atoms with E-state index in [-0.39, 0.29) is 31.3 Å². The summed E-state index contributed by atoms with van der Waals surface area (Å²) in [4.78, 5) is 24.6. The Bertz CT molecular complexity index is 529. The predicted molar refractivity (Wildman–Crippen MR) is 77.2 cm³/mol. The van der Waals surface area contributed by atoms with Crippen LogP contribution in [0.25, 0.3) is 0 Å². The Labute approximate surface area is 127 Å². The maximum Gasteiger partial charge on any atom is 0.305 e. The number of carbonyl (C=O) groups is 2. The van der Waals surface area contributed by atoms with Gasteiger partial charge in [-0.15, -0.1) is 0 Å². The van der Waals surface area contributed by atoms with Gasteiger partial charge in [-0.25, -0.2) is 0 Å². The number of carboxylic acids is 1. The van der Waals surface area contributed by atoms with E-state index >= 15 is 0 Å². The molecule has 20 heavy (non-hydrogen) atoms. The SMILES string of the molecule is O=C(O)CCN(C(=O)Cc1ccc(Cl)c(Cl)c1)C1CC1. The lowest BCUT2D eigenvalue weighted by Gasteiger charge is -2.21. The minimum absolute atomic E-state index is 0.0242. The molecule has 0 atom stereocenters. The highest BCUT2D eigenvalue weighted by atomic mass is 35.5. The molecule has 1 aromatic carbocycles. The summed E-state index contributed by atoms with van der Waals surface area (Å²) in [5.74, 6) is -0.954. The first-order valence-corrected chi connectivity index (χ1v) is 7.18. The summed E-state index contributed by atoms with van der Waals surface area (Å²) in [5, 5.41) is 9.60. The highest BCUT2D eigenvalue weighted by Gasteiger charge is 2.32. The standard InChI is InChI=1S/C14H15Cl2NO3/c15-11-4-1-9(7-12(11)16)8-13(18)17(10-2-3-10)6-5-14(19)20/h1,4,7,10H,2-3,5-6,8H2,(H,19,20). The largest absolute Gasteiger partial charge is 0.481 e. The molecule has 0 bridgehead atoms. The number of nitrogens with zero attached hydrogens (tertiary/aromatic N) is 1. The normalized spacial score (nSPS) is 14.1. The van der Waals surface area contributed by atoms with Gasteiger partial charge in [-0.05, 0) is 30.5 Å². The molecule has 1 N–H and O–H groups in total. The second-order valence-corrected chi connectivity index (χ2v) is 5.70. The van der Waals surface area contributed by atoms with Crippen LogP contribution in [-0.2, 0) is 16.0 Å². The van der Waals surface area contributed by atoms with E-state index in [9.17, 15) is 9.59 Å². The third-order valence-electron chi connectivity index (χ3n) is 3.21. The minimum Gasteiger partial charge on any atom is -0.481 e. The van der Waals surface area contributed by atoms with E-state index in [0.717, 1.165) is 18.4 Å². The molecule has 2 rings (SSSR count). The Morgan fingerprint density at radius 3 is 2.50 bits per heavy atom. The molecular formula is C14H15Cl2NO3. The van der Waals surface area contributed by atoms with Gasteiger partial charge >= 0.3 is 5.97 Å². The zero-order valence-corrected chi connectivity index (χ0v) is 12.3. The van der Waals surface area contributed by atoms with Crippen molar-refractivity contribution in [2.45, 2.75) is 31.7 Å². The molecule has 0 spiro atoms. The van der Waals surface area contributed by atoms with Crippen LogP contribution in [0.2, 0.25) is 10.0 Å². The molecular weight excluding hydrogens is 301 g/mol. The third-order valence-corrected chi connectivity index (χ3v) is 3.95. The number of carboxylic acid groups (broad SMARTS) is 1. The number of aliphatic carboxylic acids is 1. The fourth-order valence-corrected chi connectivity index (χ4v) is 2.36. The molecule has 4 nitrogen and oxygen atoms in total. The molecule has 0 aliphatic heterocycles. The summed E-state index contributed by atoms with van der Waals surface area (Å²) < 4.78 is 0. The second kappa shape index (κ2) is 6.46. The van der Waals surface area contributed by atoms with E-state index < -0.39 is 5.97 Å².